The van der Waals surface area contributed by atoms with Crippen molar-refractivity contribution in [2.24, 2.45) is 0 Å². The normalized spacial score (nSPS) is 10.7. The Morgan fingerprint density at radius 1 is 1.08 bits per heavy atom. The molecule has 2 aromatic carbocycles. The third-order valence-corrected chi connectivity index (χ3v) is 4.22. The molecule has 1 N–H and O–H groups in total. The number of halogens is 2. The molecule has 0 saturated heterocycles. The molecular weight excluding hydrogens is 353 g/mol. The zero-order chi connectivity index (χ0) is 18.4. The van der Waals surface area contributed by atoms with Crippen molar-refractivity contribution >= 4 is 23.3 Å². The predicted molar refractivity (Wildman–Crippen MR) is 101 cm³/mol. The fourth-order valence-electron chi connectivity index (χ4n) is 2.63. The average molecular weight is 372 g/mol. The Morgan fingerprint density at radius 2 is 1.81 bits per heavy atom. The lowest BCUT2D eigenvalue weighted by Crippen LogP contribution is -2.13. The Balaban J connectivity index is 1.52. The zero-order valence-electron chi connectivity index (χ0n) is 14.2. The van der Waals surface area contributed by atoms with Gasteiger partial charge in [-0.05, 0) is 36.1 Å². The number of hydrogen-bond acceptors (Lipinski definition) is 2. The summed E-state index contributed by atoms with van der Waals surface area (Å²) >= 11 is 6.15. The minimum atomic E-state index is -0.282. The summed E-state index contributed by atoms with van der Waals surface area (Å²) in [4.78, 5) is 12.1. The summed E-state index contributed by atoms with van der Waals surface area (Å²) in [6, 6.07) is 16.2. The molecule has 6 heteroatoms. The zero-order valence-corrected chi connectivity index (χ0v) is 14.9. The van der Waals surface area contributed by atoms with Crippen molar-refractivity contribution in [2.75, 3.05) is 5.32 Å². The molecular formula is C20H19ClFN3O. The number of carbonyl (C=O) groups is 1. The highest BCUT2D eigenvalue weighted by molar-refractivity contribution is 6.33. The van der Waals surface area contributed by atoms with Crippen LogP contribution in [0.2, 0.25) is 5.02 Å². The number of benzene rings is 2. The smallest absolute Gasteiger partial charge is 0.225 e. The molecule has 0 aliphatic rings. The number of anilines is 1. The van der Waals surface area contributed by atoms with E-state index in [1.165, 1.54) is 17.7 Å². The van der Waals surface area contributed by atoms with E-state index in [0.717, 1.165) is 18.4 Å². The SMILES string of the molecule is O=C(CCCc1ccccc1)Nc1nn(Cc2ccc(F)cc2)cc1Cl. The lowest BCUT2D eigenvalue weighted by atomic mass is 10.1. The number of aryl methyl sites for hydroxylation is 1. The van der Waals surface area contributed by atoms with E-state index in [9.17, 15) is 9.18 Å². The first-order chi connectivity index (χ1) is 12.6. The Hall–Kier alpha value is -2.66. The first-order valence-electron chi connectivity index (χ1n) is 8.41. The summed E-state index contributed by atoms with van der Waals surface area (Å²) in [6.45, 7) is 0.448. The lowest BCUT2D eigenvalue weighted by Gasteiger charge is -2.04. The fourth-order valence-corrected chi connectivity index (χ4v) is 2.83. The maximum Gasteiger partial charge on any atom is 0.225 e. The molecule has 0 aliphatic heterocycles. The van der Waals surface area contributed by atoms with Crippen LogP contribution in [0, 0.1) is 5.82 Å². The number of carbonyl (C=O) groups excluding carboxylic acids is 1. The molecule has 0 radical (unpaired) electrons. The Kier molecular flexibility index (Phi) is 6.02. The van der Waals surface area contributed by atoms with E-state index >= 15 is 0 Å². The lowest BCUT2D eigenvalue weighted by molar-refractivity contribution is -0.116. The quantitative estimate of drug-likeness (QED) is 0.655. The van der Waals surface area contributed by atoms with Crippen LogP contribution in [0.1, 0.15) is 24.0 Å². The van der Waals surface area contributed by atoms with Crippen molar-refractivity contribution in [2.45, 2.75) is 25.8 Å². The molecule has 1 aromatic heterocycles. The maximum absolute atomic E-state index is 13.0. The number of nitrogens with one attached hydrogen (secondary N) is 1. The second kappa shape index (κ2) is 8.63. The van der Waals surface area contributed by atoms with Crippen molar-refractivity contribution in [3.8, 4) is 0 Å². The highest BCUT2D eigenvalue weighted by atomic mass is 35.5. The van der Waals surface area contributed by atoms with Gasteiger partial charge in [0.1, 0.15) is 10.8 Å². The standard InChI is InChI=1S/C20H19ClFN3O/c21-18-14-25(13-16-9-11-17(22)12-10-16)24-20(18)23-19(26)8-4-7-15-5-2-1-3-6-15/h1-3,5-6,9-12,14H,4,7-8,13H2,(H,23,24,26). The van der Waals surface area contributed by atoms with Crippen LogP contribution >= 0.6 is 11.6 Å². The second-order valence-electron chi connectivity index (χ2n) is 6.04. The largest absolute Gasteiger partial charge is 0.308 e. The van der Waals surface area contributed by atoms with Crippen LogP contribution in [0.5, 0.6) is 0 Å². The van der Waals surface area contributed by atoms with Crippen molar-refractivity contribution in [3.05, 3.63) is 82.8 Å². The molecule has 3 aromatic rings. The highest BCUT2D eigenvalue weighted by Crippen LogP contribution is 2.20. The average Bonchev–Trinajstić information content (AvgIpc) is 2.97. The molecule has 1 heterocycles. The van der Waals surface area contributed by atoms with Crippen LogP contribution in [-0.4, -0.2) is 15.7 Å². The van der Waals surface area contributed by atoms with Crippen LogP contribution in [0.4, 0.5) is 10.2 Å². The summed E-state index contributed by atoms with van der Waals surface area (Å²) in [5.74, 6) is -0.0518. The number of aromatic nitrogens is 2. The van der Waals surface area contributed by atoms with Gasteiger partial charge < -0.3 is 5.32 Å². The van der Waals surface area contributed by atoms with Gasteiger partial charge in [-0.1, -0.05) is 54.1 Å². The summed E-state index contributed by atoms with van der Waals surface area (Å²) in [7, 11) is 0. The third-order valence-electron chi connectivity index (χ3n) is 3.94. The van der Waals surface area contributed by atoms with Crippen molar-refractivity contribution in [1.29, 1.82) is 0 Å². The van der Waals surface area contributed by atoms with E-state index in [1.807, 2.05) is 30.3 Å². The van der Waals surface area contributed by atoms with Crippen molar-refractivity contribution < 1.29 is 9.18 Å². The number of amides is 1. The number of nitrogens with zero attached hydrogens (tertiary/aromatic N) is 2. The Morgan fingerprint density at radius 3 is 2.54 bits per heavy atom. The molecule has 0 spiro atoms. The van der Waals surface area contributed by atoms with Crippen LogP contribution in [0.15, 0.2) is 60.8 Å². The van der Waals surface area contributed by atoms with Gasteiger partial charge in [-0.3, -0.25) is 9.48 Å². The van der Waals surface area contributed by atoms with Gasteiger partial charge >= 0.3 is 0 Å². The van der Waals surface area contributed by atoms with Crippen LogP contribution < -0.4 is 5.32 Å². The van der Waals surface area contributed by atoms with E-state index in [0.29, 0.717) is 23.8 Å². The molecule has 134 valence electrons. The Bertz CT molecular complexity index is 863. The summed E-state index contributed by atoms with van der Waals surface area (Å²) < 4.78 is 14.6. The Labute approximate surface area is 156 Å². The first kappa shape index (κ1) is 18.1. The first-order valence-corrected chi connectivity index (χ1v) is 8.79. The van der Waals surface area contributed by atoms with Crippen LogP contribution in [0.25, 0.3) is 0 Å². The molecule has 0 saturated carbocycles. The van der Waals surface area contributed by atoms with Gasteiger partial charge in [0.15, 0.2) is 5.82 Å². The highest BCUT2D eigenvalue weighted by Gasteiger charge is 2.11. The minimum absolute atomic E-state index is 0.116. The van der Waals surface area contributed by atoms with Crippen LogP contribution in [0.3, 0.4) is 0 Å². The fraction of sp³-hybridized carbons (Fsp3) is 0.200. The predicted octanol–water partition coefficient (Wildman–Crippen LogP) is 4.69. The van der Waals surface area contributed by atoms with Gasteiger partial charge in [-0.25, -0.2) is 4.39 Å². The second-order valence-corrected chi connectivity index (χ2v) is 6.44. The van der Waals surface area contributed by atoms with Gasteiger partial charge in [-0.15, -0.1) is 0 Å². The molecule has 3 rings (SSSR count). The van der Waals surface area contributed by atoms with Gasteiger partial charge in [0.05, 0.1) is 6.54 Å². The number of hydrogen-bond donors (Lipinski definition) is 1. The molecule has 0 fully saturated rings. The maximum atomic E-state index is 13.0. The van der Waals surface area contributed by atoms with Crippen molar-refractivity contribution in [3.63, 3.8) is 0 Å². The summed E-state index contributed by atoms with van der Waals surface area (Å²) in [5, 5.41) is 7.42. The molecule has 0 bridgehead atoms. The van der Waals surface area contributed by atoms with Crippen LogP contribution in [-0.2, 0) is 17.8 Å². The number of rotatable bonds is 7. The molecule has 0 unspecified atom stereocenters. The van der Waals surface area contributed by atoms with Gasteiger partial charge in [0.25, 0.3) is 0 Å². The van der Waals surface area contributed by atoms with Gasteiger partial charge in [-0.2, -0.15) is 5.10 Å². The van der Waals surface area contributed by atoms with Gasteiger partial charge in [0.2, 0.25) is 5.91 Å². The van der Waals surface area contributed by atoms with Gasteiger partial charge in [0, 0.05) is 12.6 Å². The van der Waals surface area contributed by atoms with E-state index < -0.39 is 0 Å². The molecule has 26 heavy (non-hydrogen) atoms. The third kappa shape index (κ3) is 5.17. The van der Waals surface area contributed by atoms with E-state index in [2.05, 4.69) is 10.4 Å². The van der Waals surface area contributed by atoms with E-state index in [-0.39, 0.29) is 11.7 Å². The van der Waals surface area contributed by atoms with E-state index in [1.54, 1.807) is 23.0 Å². The monoisotopic (exact) mass is 371 g/mol. The topological polar surface area (TPSA) is 46.9 Å². The molecule has 4 nitrogen and oxygen atoms in total. The molecule has 1 amide bonds. The summed E-state index contributed by atoms with van der Waals surface area (Å²) in [6.07, 6.45) is 3.64. The summed E-state index contributed by atoms with van der Waals surface area (Å²) in [5.41, 5.74) is 2.10. The van der Waals surface area contributed by atoms with E-state index in [4.69, 9.17) is 11.6 Å². The molecule has 0 aliphatic carbocycles. The molecule has 0 atom stereocenters. The minimum Gasteiger partial charge on any atom is -0.308 e. The van der Waals surface area contributed by atoms with Crippen molar-refractivity contribution in [1.82, 2.24) is 9.78 Å².